The van der Waals surface area contributed by atoms with Gasteiger partial charge in [-0.05, 0) is 13.3 Å². The Kier molecular flexibility index (Phi) is 2.49. The van der Waals surface area contributed by atoms with Crippen molar-refractivity contribution in [3.63, 3.8) is 0 Å². The van der Waals surface area contributed by atoms with Gasteiger partial charge in [-0.3, -0.25) is 0 Å². The molecule has 0 atom stereocenters. The highest BCUT2D eigenvalue weighted by molar-refractivity contribution is 5.27. The summed E-state index contributed by atoms with van der Waals surface area (Å²) >= 11 is 0. The van der Waals surface area contributed by atoms with E-state index < -0.39 is 0 Å². The minimum Gasteiger partial charge on any atom is -0.334 e. The Morgan fingerprint density at radius 1 is 1.58 bits per heavy atom. The van der Waals surface area contributed by atoms with Gasteiger partial charge in [0.1, 0.15) is 11.9 Å². The third-order valence-electron chi connectivity index (χ3n) is 2.05. The summed E-state index contributed by atoms with van der Waals surface area (Å²) in [6.45, 7) is 4.03. The van der Waals surface area contributed by atoms with Crippen molar-refractivity contribution in [2.24, 2.45) is 7.05 Å². The average molecular weight is 163 g/mol. The first-order chi connectivity index (χ1) is 5.70. The maximum Gasteiger partial charge on any atom is 0.161 e. The van der Waals surface area contributed by atoms with Crippen molar-refractivity contribution >= 4 is 0 Å². The Bertz CT molecular complexity index is 317. The maximum absolute atomic E-state index is 8.70. The Morgan fingerprint density at radius 2 is 2.25 bits per heavy atom. The molecule has 0 saturated heterocycles. The van der Waals surface area contributed by atoms with E-state index in [0.29, 0.717) is 5.69 Å². The second kappa shape index (κ2) is 3.40. The van der Waals surface area contributed by atoms with E-state index in [1.54, 1.807) is 0 Å². The van der Waals surface area contributed by atoms with Gasteiger partial charge in [0.2, 0.25) is 0 Å². The summed E-state index contributed by atoms with van der Waals surface area (Å²) in [7, 11) is 1.95. The molecule has 0 aliphatic carbocycles. The summed E-state index contributed by atoms with van der Waals surface area (Å²) < 4.78 is 1.99. The number of aromatic nitrogens is 2. The molecule has 0 unspecified atom stereocenters. The van der Waals surface area contributed by atoms with Crippen LogP contribution in [-0.2, 0) is 13.5 Å². The molecule has 1 rings (SSSR count). The molecule has 0 saturated carbocycles. The van der Waals surface area contributed by atoms with E-state index in [0.717, 1.165) is 24.4 Å². The molecule has 3 nitrogen and oxygen atoms in total. The van der Waals surface area contributed by atoms with Gasteiger partial charge in [-0.1, -0.05) is 6.92 Å². The lowest BCUT2D eigenvalue weighted by molar-refractivity contribution is 0.745. The van der Waals surface area contributed by atoms with Gasteiger partial charge in [0, 0.05) is 13.5 Å². The van der Waals surface area contributed by atoms with E-state index in [1.807, 2.05) is 18.5 Å². The van der Waals surface area contributed by atoms with Crippen LogP contribution in [0.15, 0.2) is 0 Å². The minimum atomic E-state index is 0.556. The van der Waals surface area contributed by atoms with Crippen LogP contribution in [0.3, 0.4) is 0 Å². The van der Waals surface area contributed by atoms with Crippen molar-refractivity contribution in [3.8, 4) is 6.07 Å². The number of aryl methyl sites for hydroxylation is 1. The van der Waals surface area contributed by atoms with Crippen molar-refractivity contribution in [3.05, 3.63) is 17.2 Å². The van der Waals surface area contributed by atoms with E-state index in [4.69, 9.17) is 5.26 Å². The number of rotatable bonds is 2. The smallest absolute Gasteiger partial charge is 0.161 e. The van der Waals surface area contributed by atoms with Gasteiger partial charge >= 0.3 is 0 Å². The van der Waals surface area contributed by atoms with Crippen molar-refractivity contribution in [1.29, 1.82) is 5.26 Å². The second-order valence-electron chi connectivity index (χ2n) is 2.88. The molecule has 0 fully saturated rings. The zero-order chi connectivity index (χ0) is 9.14. The van der Waals surface area contributed by atoms with Crippen LogP contribution < -0.4 is 0 Å². The van der Waals surface area contributed by atoms with Gasteiger partial charge in [0.15, 0.2) is 5.69 Å². The molecular formula is C9H13N3. The Balaban J connectivity index is 3.09. The predicted molar refractivity (Wildman–Crippen MR) is 46.7 cm³/mol. The average Bonchev–Trinajstić information content (AvgIpc) is 2.33. The van der Waals surface area contributed by atoms with Crippen molar-refractivity contribution < 1.29 is 0 Å². The summed E-state index contributed by atoms with van der Waals surface area (Å²) in [5.41, 5.74) is 1.52. The number of hydrogen-bond acceptors (Lipinski definition) is 2. The van der Waals surface area contributed by atoms with Gasteiger partial charge in [0.25, 0.3) is 0 Å². The molecule has 0 amide bonds. The van der Waals surface area contributed by atoms with Crippen LogP contribution in [0.5, 0.6) is 0 Å². The van der Waals surface area contributed by atoms with E-state index in [1.165, 1.54) is 0 Å². The van der Waals surface area contributed by atoms with Crippen LogP contribution in [0.25, 0.3) is 0 Å². The first-order valence-electron chi connectivity index (χ1n) is 4.13. The van der Waals surface area contributed by atoms with Gasteiger partial charge in [-0.2, -0.15) is 5.26 Å². The summed E-state index contributed by atoms with van der Waals surface area (Å²) in [6, 6.07) is 2.08. The zero-order valence-electron chi connectivity index (χ0n) is 7.76. The molecule has 0 aliphatic rings. The molecule has 12 heavy (non-hydrogen) atoms. The molecular weight excluding hydrogens is 150 g/mol. The quantitative estimate of drug-likeness (QED) is 0.663. The highest BCUT2D eigenvalue weighted by atomic mass is 15.1. The van der Waals surface area contributed by atoms with E-state index in [2.05, 4.69) is 18.0 Å². The van der Waals surface area contributed by atoms with Gasteiger partial charge in [0.05, 0.1) is 5.69 Å². The Hall–Kier alpha value is -1.30. The molecule has 3 heteroatoms. The molecule has 0 N–H and O–H groups in total. The summed E-state index contributed by atoms with van der Waals surface area (Å²) in [6.07, 6.45) is 2.01. The topological polar surface area (TPSA) is 41.6 Å². The van der Waals surface area contributed by atoms with E-state index in [-0.39, 0.29) is 0 Å². The van der Waals surface area contributed by atoms with Crippen molar-refractivity contribution in [1.82, 2.24) is 9.55 Å². The van der Waals surface area contributed by atoms with Crippen molar-refractivity contribution in [2.45, 2.75) is 26.7 Å². The number of imidazole rings is 1. The number of hydrogen-bond donors (Lipinski definition) is 0. The second-order valence-corrected chi connectivity index (χ2v) is 2.88. The molecule has 64 valence electrons. The lowest BCUT2D eigenvalue weighted by Crippen LogP contribution is -1.98. The standard InChI is InChI=1S/C9H13N3/c1-4-5-9-11-8(6-10)7(2)12(9)3/h4-5H2,1-3H3. The molecule has 1 heterocycles. The monoisotopic (exact) mass is 163 g/mol. The largest absolute Gasteiger partial charge is 0.334 e. The SMILES string of the molecule is CCCc1nc(C#N)c(C)n1C. The van der Waals surface area contributed by atoms with Crippen LogP contribution in [0.4, 0.5) is 0 Å². The molecule has 1 aromatic heterocycles. The van der Waals surface area contributed by atoms with Crippen LogP contribution in [0.2, 0.25) is 0 Å². The predicted octanol–water partition coefficient (Wildman–Crippen LogP) is 1.55. The Morgan fingerprint density at radius 3 is 2.67 bits per heavy atom. The number of nitrogens with zero attached hydrogens (tertiary/aromatic N) is 3. The zero-order valence-corrected chi connectivity index (χ0v) is 7.76. The molecule has 0 aliphatic heterocycles. The molecule has 0 bridgehead atoms. The molecule has 0 aromatic carbocycles. The van der Waals surface area contributed by atoms with Gasteiger partial charge in [-0.15, -0.1) is 0 Å². The van der Waals surface area contributed by atoms with Crippen LogP contribution >= 0.6 is 0 Å². The third kappa shape index (κ3) is 1.33. The van der Waals surface area contributed by atoms with Crippen molar-refractivity contribution in [2.75, 3.05) is 0 Å². The summed E-state index contributed by atoms with van der Waals surface area (Å²) in [5.74, 6) is 1.01. The van der Waals surface area contributed by atoms with Crippen LogP contribution in [0, 0.1) is 18.3 Å². The van der Waals surface area contributed by atoms with Gasteiger partial charge < -0.3 is 4.57 Å². The normalized spacial score (nSPS) is 9.83. The molecule has 0 radical (unpaired) electrons. The maximum atomic E-state index is 8.70. The first kappa shape index (κ1) is 8.79. The molecule has 0 spiro atoms. The highest BCUT2D eigenvalue weighted by Crippen LogP contribution is 2.09. The van der Waals surface area contributed by atoms with E-state index in [9.17, 15) is 0 Å². The first-order valence-corrected chi connectivity index (χ1v) is 4.13. The van der Waals surface area contributed by atoms with Crippen LogP contribution in [0.1, 0.15) is 30.6 Å². The number of nitriles is 1. The highest BCUT2D eigenvalue weighted by Gasteiger charge is 2.08. The Labute approximate surface area is 72.7 Å². The minimum absolute atomic E-state index is 0.556. The lowest BCUT2D eigenvalue weighted by Gasteiger charge is -1.99. The lowest BCUT2D eigenvalue weighted by atomic mass is 10.3. The fraction of sp³-hybridized carbons (Fsp3) is 0.556. The molecule has 1 aromatic rings. The fourth-order valence-corrected chi connectivity index (χ4v) is 1.19. The summed E-state index contributed by atoms with van der Waals surface area (Å²) in [4.78, 5) is 4.22. The van der Waals surface area contributed by atoms with Gasteiger partial charge in [-0.25, -0.2) is 4.98 Å². The third-order valence-corrected chi connectivity index (χ3v) is 2.05. The fourth-order valence-electron chi connectivity index (χ4n) is 1.19. The van der Waals surface area contributed by atoms with Crippen LogP contribution in [-0.4, -0.2) is 9.55 Å². The van der Waals surface area contributed by atoms with E-state index >= 15 is 0 Å². The summed E-state index contributed by atoms with van der Waals surface area (Å²) in [5, 5.41) is 8.70.